The van der Waals surface area contributed by atoms with Crippen LogP contribution in [0.1, 0.15) is 48.4 Å². The number of aromatic nitrogens is 1. The van der Waals surface area contributed by atoms with E-state index in [-0.39, 0.29) is 18.7 Å². The normalized spacial score (nSPS) is 17.8. The zero-order valence-corrected chi connectivity index (χ0v) is 22.2. The predicted octanol–water partition coefficient (Wildman–Crippen LogP) is 4.94. The molecule has 6 rings (SSSR count). The number of likely N-dealkylation sites (tertiary alicyclic amines) is 1. The summed E-state index contributed by atoms with van der Waals surface area (Å²) in [7, 11) is 4.96. The van der Waals surface area contributed by atoms with E-state index >= 15 is 0 Å². The molecule has 0 spiro atoms. The van der Waals surface area contributed by atoms with Crippen molar-refractivity contribution in [3.8, 4) is 17.2 Å². The maximum Gasteiger partial charge on any atom is 0.236 e. The highest BCUT2D eigenvalue weighted by Gasteiger charge is 2.51. The number of carbonyl (C=O) groups is 1. The molecule has 1 saturated carbocycles. The fourth-order valence-electron chi connectivity index (χ4n) is 5.32. The van der Waals surface area contributed by atoms with Crippen molar-refractivity contribution in [2.45, 2.75) is 37.1 Å². The maximum atomic E-state index is 13.3. The standard InChI is InChI=1S/C28H29N3O4.C2H6O/c1-33-22-7-3-2-6-21(22)26(31-14-4-5-15-31)19-8-11-25(29-17-19)30-27(32)28(12-13-28)20-9-10-23-24(16-20)35-18-34-23;1-3-2/h2-3,6-11,16-17,26H,4-5,12-15,18H2,1H3,(H,29,30,32);1-2H3. The van der Waals surface area contributed by atoms with Crippen molar-refractivity contribution in [2.75, 3.05) is 46.5 Å². The zero-order valence-electron chi connectivity index (χ0n) is 22.2. The van der Waals surface area contributed by atoms with Gasteiger partial charge in [0, 0.05) is 26.0 Å². The summed E-state index contributed by atoms with van der Waals surface area (Å²) >= 11 is 0. The minimum absolute atomic E-state index is 0.0302. The van der Waals surface area contributed by atoms with Crippen LogP contribution in [0.2, 0.25) is 0 Å². The lowest BCUT2D eigenvalue weighted by Gasteiger charge is -2.29. The highest BCUT2D eigenvalue weighted by molar-refractivity contribution is 6.01. The van der Waals surface area contributed by atoms with Crippen molar-refractivity contribution >= 4 is 11.7 Å². The van der Waals surface area contributed by atoms with Crippen LogP contribution in [-0.4, -0.2) is 57.0 Å². The molecule has 200 valence electrons. The largest absolute Gasteiger partial charge is 0.496 e. The molecule has 38 heavy (non-hydrogen) atoms. The zero-order chi connectivity index (χ0) is 26.5. The van der Waals surface area contributed by atoms with Crippen LogP contribution in [-0.2, 0) is 14.9 Å². The number of methoxy groups -OCH3 is 2. The van der Waals surface area contributed by atoms with Crippen LogP contribution in [0, 0.1) is 0 Å². The fraction of sp³-hybridized carbons (Fsp3) is 0.400. The van der Waals surface area contributed by atoms with Crippen molar-refractivity contribution in [3.63, 3.8) is 0 Å². The van der Waals surface area contributed by atoms with Gasteiger partial charge in [0.1, 0.15) is 11.6 Å². The molecule has 2 fully saturated rings. The third-order valence-corrected chi connectivity index (χ3v) is 7.39. The lowest BCUT2D eigenvalue weighted by molar-refractivity contribution is -0.118. The molecule has 0 bridgehead atoms. The average Bonchev–Trinajstić information content (AvgIpc) is 3.33. The molecule has 1 aliphatic carbocycles. The molecular formula is C30H35N3O5. The Morgan fingerprint density at radius 2 is 1.74 bits per heavy atom. The van der Waals surface area contributed by atoms with E-state index in [1.165, 1.54) is 12.8 Å². The molecular weight excluding hydrogens is 482 g/mol. The fourth-order valence-corrected chi connectivity index (χ4v) is 5.32. The van der Waals surface area contributed by atoms with Crippen molar-refractivity contribution in [2.24, 2.45) is 0 Å². The Labute approximate surface area is 223 Å². The van der Waals surface area contributed by atoms with Crippen molar-refractivity contribution in [3.05, 3.63) is 77.5 Å². The number of nitrogens with one attached hydrogen (secondary N) is 1. The number of anilines is 1. The van der Waals surface area contributed by atoms with Crippen LogP contribution in [0.15, 0.2) is 60.8 Å². The highest BCUT2D eigenvalue weighted by atomic mass is 16.7. The Morgan fingerprint density at radius 3 is 2.42 bits per heavy atom. The van der Waals surface area contributed by atoms with Crippen LogP contribution in [0.3, 0.4) is 0 Å². The summed E-state index contributed by atoms with van der Waals surface area (Å²) in [4.78, 5) is 20.4. The van der Waals surface area contributed by atoms with Crippen LogP contribution < -0.4 is 19.5 Å². The van der Waals surface area contributed by atoms with Gasteiger partial charge in [-0.15, -0.1) is 0 Å². The van der Waals surface area contributed by atoms with Crippen molar-refractivity contribution in [1.82, 2.24) is 9.88 Å². The molecule has 3 heterocycles. The smallest absolute Gasteiger partial charge is 0.236 e. The van der Waals surface area contributed by atoms with E-state index in [2.05, 4.69) is 32.1 Å². The molecule has 1 unspecified atom stereocenters. The van der Waals surface area contributed by atoms with Gasteiger partial charge in [0.25, 0.3) is 0 Å². The molecule has 1 atom stereocenters. The molecule has 3 aromatic rings. The number of hydrogen-bond donors (Lipinski definition) is 1. The summed E-state index contributed by atoms with van der Waals surface area (Å²) in [5.41, 5.74) is 2.65. The van der Waals surface area contributed by atoms with Gasteiger partial charge in [-0.05, 0) is 74.2 Å². The lowest BCUT2D eigenvalue weighted by Crippen LogP contribution is -2.29. The van der Waals surface area contributed by atoms with E-state index in [1.807, 2.05) is 48.7 Å². The molecule has 2 aliphatic heterocycles. The van der Waals surface area contributed by atoms with Crippen LogP contribution in [0.25, 0.3) is 0 Å². The molecule has 1 saturated heterocycles. The SMILES string of the molecule is COC.COc1ccccc1C(c1ccc(NC(=O)C2(c3ccc4c(c3)OCO4)CC2)nc1)N1CCCC1. The Hall–Kier alpha value is -3.62. The minimum Gasteiger partial charge on any atom is -0.496 e. The van der Waals surface area contributed by atoms with Gasteiger partial charge in [0.05, 0.1) is 18.6 Å². The van der Waals surface area contributed by atoms with Gasteiger partial charge >= 0.3 is 0 Å². The summed E-state index contributed by atoms with van der Waals surface area (Å²) < 4.78 is 20.9. The number of pyridine rings is 1. The summed E-state index contributed by atoms with van der Waals surface area (Å²) in [6.07, 6.45) is 5.87. The Bertz CT molecular complexity index is 1250. The quantitative estimate of drug-likeness (QED) is 0.476. The maximum absolute atomic E-state index is 13.3. The number of carbonyl (C=O) groups excluding carboxylic acids is 1. The Balaban J connectivity index is 0.000000937. The second-order valence-corrected chi connectivity index (χ2v) is 9.88. The molecule has 0 radical (unpaired) electrons. The van der Waals surface area contributed by atoms with Gasteiger partial charge in [-0.3, -0.25) is 9.69 Å². The number of nitrogens with zero attached hydrogens (tertiary/aromatic N) is 2. The second-order valence-electron chi connectivity index (χ2n) is 9.88. The van der Waals surface area contributed by atoms with E-state index in [0.29, 0.717) is 11.6 Å². The average molecular weight is 518 g/mol. The summed E-state index contributed by atoms with van der Waals surface area (Å²) in [5, 5.41) is 3.05. The van der Waals surface area contributed by atoms with Gasteiger partial charge in [-0.25, -0.2) is 4.98 Å². The van der Waals surface area contributed by atoms with Crippen LogP contribution >= 0.6 is 0 Å². The minimum atomic E-state index is -0.531. The Kier molecular flexibility index (Phi) is 7.81. The highest BCUT2D eigenvalue weighted by Crippen LogP contribution is 2.51. The molecule has 1 aromatic heterocycles. The van der Waals surface area contributed by atoms with E-state index in [4.69, 9.17) is 14.2 Å². The van der Waals surface area contributed by atoms with Crippen molar-refractivity contribution in [1.29, 1.82) is 0 Å². The molecule has 8 heteroatoms. The first kappa shape index (κ1) is 26.0. The molecule has 2 aromatic carbocycles. The topological polar surface area (TPSA) is 82.2 Å². The first-order valence-electron chi connectivity index (χ1n) is 13.0. The van der Waals surface area contributed by atoms with Gasteiger partial charge in [0.15, 0.2) is 11.5 Å². The van der Waals surface area contributed by atoms with Crippen LogP contribution in [0.4, 0.5) is 5.82 Å². The molecule has 1 amide bonds. The number of amides is 1. The third-order valence-electron chi connectivity index (χ3n) is 7.39. The van der Waals surface area contributed by atoms with Gasteiger partial charge < -0.3 is 24.3 Å². The molecule has 3 aliphatic rings. The number of benzene rings is 2. The number of fused-ring (bicyclic) bond motifs is 1. The third kappa shape index (κ3) is 5.19. The summed E-state index contributed by atoms with van der Waals surface area (Å²) in [5.74, 6) is 2.84. The van der Waals surface area contributed by atoms with Gasteiger partial charge in [0.2, 0.25) is 12.7 Å². The second kappa shape index (κ2) is 11.4. The van der Waals surface area contributed by atoms with E-state index in [1.54, 1.807) is 21.3 Å². The van der Waals surface area contributed by atoms with E-state index in [9.17, 15) is 4.79 Å². The van der Waals surface area contributed by atoms with E-state index < -0.39 is 5.41 Å². The van der Waals surface area contributed by atoms with Gasteiger partial charge in [-0.2, -0.15) is 0 Å². The van der Waals surface area contributed by atoms with E-state index in [0.717, 1.165) is 54.1 Å². The van der Waals surface area contributed by atoms with Crippen molar-refractivity contribution < 1.29 is 23.7 Å². The number of rotatable bonds is 7. The van der Waals surface area contributed by atoms with Gasteiger partial charge in [-0.1, -0.05) is 30.3 Å². The Morgan fingerprint density at radius 1 is 1.00 bits per heavy atom. The molecule has 1 N–H and O–H groups in total. The van der Waals surface area contributed by atoms with Crippen LogP contribution in [0.5, 0.6) is 17.2 Å². The molecule has 8 nitrogen and oxygen atoms in total. The lowest BCUT2D eigenvalue weighted by atomic mass is 9.94. The predicted molar refractivity (Wildman–Crippen MR) is 145 cm³/mol. The monoisotopic (exact) mass is 517 g/mol. The first-order valence-corrected chi connectivity index (χ1v) is 13.0. The summed E-state index contributed by atoms with van der Waals surface area (Å²) in [6, 6.07) is 18.0. The first-order chi connectivity index (χ1) is 18.6. The number of ether oxygens (including phenoxy) is 4. The number of hydrogen-bond acceptors (Lipinski definition) is 7. The number of para-hydroxylation sites is 1. The summed E-state index contributed by atoms with van der Waals surface area (Å²) in [6.45, 7) is 2.31.